The third-order valence-corrected chi connectivity index (χ3v) is 2.33. The van der Waals surface area contributed by atoms with Crippen LogP contribution in [-0.4, -0.2) is 13.3 Å². The number of hydrogen-bond acceptors (Lipinski definition) is 3. The minimum Gasteiger partial charge on any atom is -0.357 e. The summed E-state index contributed by atoms with van der Waals surface area (Å²) in [6.45, 7) is 0. The number of para-hydroxylation sites is 1. The van der Waals surface area contributed by atoms with Crippen molar-refractivity contribution in [2.24, 2.45) is 0 Å². The van der Waals surface area contributed by atoms with Gasteiger partial charge in [0.2, 0.25) is 4.83 Å². The van der Waals surface area contributed by atoms with Crippen LogP contribution in [0.15, 0.2) is 30.3 Å². The van der Waals surface area contributed by atoms with E-state index < -0.39 is 15.5 Å². The van der Waals surface area contributed by atoms with Crippen LogP contribution in [0.25, 0.3) is 0 Å². The van der Waals surface area contributed by atoms with Crippen molar-refractivity contribution in [3.05, 3.63) is 30.3 Å². The molecule has 1 N–H and O–H groups in total. The molecule has 1 rings (SSSR count). The van der Waals surface area contributed by atoms with Gasteiger partial charge in [-0.15, -0.1) is 0 Å². The molecule has 0 saturated carbocycles. The number of rotatable bonds is 3. The summed E-state index contributed by atoms with van der Waals surface area (Å²) in [5.41, 5.74) is 0.691. The Morgan fingerprint density at radius 3 is 2.33 bits per heavy atom. The first-order chi connectivity index (χ1) is 5.70. The predicted octanol–water partition coefficient (Wildman–Crippen LogP) is 1.23. The van der Waals surface area contributed by atoms with Crippen LogP contribution in [0, 0.1) is 0 Å². The van der Waals surface area contributed by atoms with Gasteiger partial charge in [0.1, 0.15) is 0 Å². The fraction of sp³-hybridized carbons (Fsp3) is 0.143. The standard InChI is InChI=1S/C7H8ClNO2S/c8-7(12(10)11)9-6-4-2-1-3-5-6/h1-5,7,9,12H. The molecule has 0 aliphatic heterocycles. The highest BCUT2D eigenvalue weighted by Gasteiger charge is 2.04. The summed E-state index contributed by atoms with van der Waals surface area (Å²) in [7, 11) is -2.63. The molecule has 0 saturated heterocycles. The first-order valence-corrected chi connectivity index (χ1v) is 4.97. The molecule has 0 aliphatic rings. The summed E-state index contributed by atoms with van der Waals surface area (Å²) in [5.74, 6) is 0. The Morgan fingerprint density at radius 1 is 1.25 bits per heavy atom. The van der Waals surface area contributed by atoms with Crippen LogP contribution in [0.2, 0.25) is 0 Å². The summed E-state index contributed by atoms with van der Waals surface area (Å²) >= 11 is 5.44. The number of alkyl halides is 1. The highest BCUT2D eigenvalue weighted by atomic mass is 35.5. The van der Waals surface area contributed by atoms with Crippen LogP contribution in [0.4, 0.5) is 5.69 Å². The summed E-state index contributed by atoms with van der Waals surface area (Å²) in [4.78, 5) is -1.04. The van der Waals surface area contributed by atoms with Gasteiger partial charge in [0.25, 0.3) is 0 Å². The number of hydrogen-bond donors (Lipinski definition) is 2. The SMILES string of the molecule is O=[SH](=O)C(Cl)Nc1ccccc1. The number of halogens is 1. The largest absolute Gasteiger partial charge is 0.357 e. The van der Waals surface area contributed by atoms with Crippen molar-refractivity contribution in [3.63, 3.8) is 0 Å². The van der Waals surface area contributed by atoms with Gasteiger partial charge in [0.05, 0.1) is 0 Å². The second-order valence-electron chi connectivity index (χ2n) is 2.13. The zero-order valence-electron chi connectivity index (χ0n) is 6.11. The van der Waals surface area contributed by atoms with E-state index in [1.807, 2.05) is 6.07 Å². The Balaban J connectivity index is 2.64. The second-order valence-corrected chi connectivity index (χ2v) is 3.96. The summed E-state index contributed by atoms with van der Waals surface area (Å²) in [6, 6.07) is 8.92. The maximum Gasteiger partial charge on any atom is 0.201 e. The van der Waals surface area contributed by atoms with E-state index in [-0.39, 0.29) is 0 Å². The van der Waals surface area contributed by atoms with Gasteiger partial charge >= 0.3 is 0 Å². The number of nitrogens with one attached hydrogen (secondary N) is 1. The van der Waals surface area contributed by atoms with Crippen molar-refractivity contribution >= 4 is 28.0 Å². The van der Waals surface area contributed by atoms with Crippen LogP contribution in [0.1, 0.15) is 0 Å². The Morgan fingerprint density at radius 2 is 1.83 bits per heavy atom. The zero-order chi connectivity index (χ0) is 8.97. The van der Waals surface area contributed by atoms with Gasteiger partial charge in [0, 0.05) is 5.69 Å². The molecule has 1 atom stereocenters. The molecule has 66 valence electrons. The number of thiol groups is 1. The summed E-state index contributed by atoms with van der Waals surface area (Å²) < 4.78 is 20.7. The average Bonchev–Trinajstić information content (AvgIpc) is 2.06. The van der Waals surface area contributed by atoms with Gasteiger partial charge in [0.15, 0.2) is 10.7 Å². The topological polar surface area (TPSA) is 46.2 Å². The first kappa shape index (κ1) is 9.35. The van der Waals surface area contributed by atoms with Gasteiger partial charge < -0.3 is 5.32 Å². The lowest BCUT2D eigenvalue weighted by Gasteiger charge is -2.05. The van der Waals surface area contributed by atoms with E-state index in [0.29, 0.717) is 5.69 Å². The summed E-state index contributed by atoms with van der Waals surface area (Å²) in [5, 5.41) is 2.61. The van der Waals surface area contributed by atoms with E-state index in [0.717, 1.165) is 0 Å². The van der Waals surface area contributed by atoms with Crippen molar-refractivity contribution in [1.82, 2.24) is 0 Å². The van der Waals surface area contributed by atoms with E-state index >= 15 is 0 Å². The van der Waals surface area contributed by atoms with Crippen molar-refractivity contribution in [2.45, 2.75) is 4.83 Å². The zero-order valence-corrected chi connectivity index (χ0v) is 7.76. The van der Waals surface area contributed by atoms with Gasteiger partial charge in [-0.1, -0.05) is 29.8 Å². The highest BCUT2D eigenvalue weighted by molar-refractivity contribution is 7.74. The maximum atomic E-state index is 10.3. The number of anilines is 1. The van der Waals surface area contributed by atoms with Crippen molar-refractivity contribution in [3.8, 4) is 0 Å². The molecule has 0 aromatic heterocycles. The van der Waals surface area contributed by atoms with Gasteiger partial charge in [-0.25, -0.2) is 8.42 Å². The molecule has 0 heterocycles. The molecule has 0 spiro atoms. The molecule has 1 aromatic carbocycles. The monoisotopic (exact) mass is 205 g/mol. The highest BCUT2D eigenvalue weighted by Crippen LogP contribution is 2.08. The molecule has 5 heteroatoms. The third kappa shape index (κ3) is 2.71. The van der Waals surface area contributed by atoms with Crippen molar-refractivity contribution < 1.29 is 8.42 Å². The lowest BCUT2D eigenvalue weighted by atomic mass is 10.3. The fourth-order valence-electron chi connectivity index (χ4n) is 0.725. The quantitative estimate of drug-likeness (QED) is 0.443. The van der Waals surface area contributed by atoms with Gasteiger partial charge in [-0.05, 0) is 12.1 Å². The molecule has 0 radical (unpaired) electrons. The molecular weight excluding hydrogens is 198 g/mol. The Labute approximate surface area is 77.3 Å². The van der Waals surface area contributed by atoms with E-state index in [1.165, 1.54) is 0 Å². The number of benzene rings is 1. The molecule has 0 amide bonds. The van der Waals surface area contributed by atoms with Crippen LogP contribution in [-0.2, 0) is 10.7 Å². The molecule has 3 nitrogen and oxygen atoms in total. The maximum absolute atomic E-state index is 10.3. The fourth-order valence-corrected chi connectivity index (χ4v) is 1.11. The molecule has 12 heavy (non-hydrogen) atoms. The minimum atomic E-state index is -2.63. The lowest BCUT2D eigenvalue weighted by Crippen LogP contribution is -2.13. The molecular formula is C7H8ClNO2S. The normalized spacial score (nSPS) is 12.8. The lowest BCUT2D eigenvalue weighted by molar-refractivity contribution is 0.613. The Bertz CT molecular complexity index is 304. The van der Waals surface area contributed by atoms with E-state index in [9.17, 15) is 8.42 Å². The van der Waals surface area contributed by atoms with Gasteiger partial charge in [-0.3, -0.25) is 0 Å². The van der Waals surface area contributed by atoms with Gasteiger partial charge in [-0.2, -0.15) is 0 Å². The Hall–Kier alpha value is -0.740. The third-order valence-electron chi connectivity index (χ3n) is 1.24. The van der Waals surface area contributed by atoms with E-state index in [2.05, 4.69) is 5.32 Å². The van der Waals surface area contributed by atoms with E-state index in [1.54, 1.807) is 24.3 Å². The smallest absolute Gasteiger partial charge is 0.201 e. The average molecular weight is 206 g/mol. The molecule has 0 aliphatic carbocycles. The minimum absolute atomic E-state index is 0.691. The summed E-state index contributed by atoms with van der Waals surface area (Å²) in [6.07, 6.45) is 0. The first-order valence-electron chi connectivity index (χ1n) is 3.29. The predicted molar refractivity (Wildman–Crippen MR) is 50.0 cm³/mol. The Kier molecular flexibility index (Phi) is 3.37. The molecule has 0 bridgehead atoms. The molecule has 1 aromatic rings. The van der Waals surface area contributed by atoms with Crippen LogP contribution >= 0.6 is 11.6 Å². The molecule has 0 fully saturated rings. The van der Waals surface area contributed by atoms with Crippen molar-refractivity contribution in [1.29, 1.82) is 0 Å². The van der Waals surface area contributed by atoms with E-state index in [4.69, 9.17) is 11.6 Å². The molecule has 1 unspecified atom stereocenters. The van der Waals surface area contributed by atoms with Crippen LogP contribution in [0.5, 0.6) is 0 Å². The van der Waals surface area contributed by atoms with Crippen LogP contribution in [0.3, 0.4) is 0 Å². The van der Waals surface area contributed by atoms with Crippen molar-refractivity contribution in [2.75, 3.05) is 5.32 Å². The second kappa shape index (κ2) is 4.33. The van der Waals surface area contributed by atoms with Crippen LogP contribution < -0.4 is 5.32 Å².